The first-order valence-corrected chi connectivity index (χ1v) is 7.30. The smallest absolute Gasteiger partial charge is 0.0898 e. The Morgan fingerprint density at radius 1 is 0.929 bits per heavy atom. The molecule has 0 saturated carbocycles. The summed E-state index contributed by atoms with van der Waals surface area (Å²) < 4.78 is 53.9. The molecule has 0 spiro atoms. The molecular weight excluding hydrogens is 230 g/mol. The summed E-state index contributed by atoms with van der Waals surface area (Å²) in [6.45, 7) is 0. The van der Waals surface area contributed by atoms with Crippen LogP contribution in [0.25, 0.3) is 4.13 Å². The van der Waals surface area contributed by atoms with Crippen LogP contribution < -0.4 is 0 Å². The van der Waals surface area contributed by atoms with Crippen LogP contribution in [0.5, 0.6) is 0 Å². The molecule has 0 radical (unpaired) electrons. The fourth-order valence-electron chi connectivity index (χ4n) is 2.56. The zero-order valence-electron chi connectivity index (χ0n) is 7.03. The lowest BCUT2D eigenvalue weighted by atomic mass is 10.00. The quantitative estimate of drug-likeness (QED) is 0.558. The van der Waals surface area contributed by atoms with E-state index < -0.39 is 42.8 Å². The molecule has 8 heteroatoms. The number of nitrogens with zero attached hydrogens (tertiary/aromatic N) is 1. The van der Waals surface area contributed by atoms with Crippen molar-refractivity contribution < 1.29 is 21.6 Å². The molecule has 3 heterocycles. The van der Waals surface area contributed by atoms with Gasteiger partial charge in [0.1, 0.15) is 0 Å². The van der Waals surface area contributed by atoms with Crippen LogP contribution in [0.2, 0.25) is 0 Å². The normalized spacial score (nSPS) is 52.0. The van der Waals surface area contributed by atoms with Gasteiger partial charge < -0.3 is 8.86 Å². The van der Waals surface area contributed by atoms with Crippen molar-refractivity contribution in [1.82, 2.24) is 0 Å². The van der Waals surface area contributed by atoms with Gasteiger partial charge in [0.05, 0.1) is 42.8 Å². The van der Waals surface area contributed by atoms with Gasteiger partial charge in [0.15, 0.2) is 0 Å². The fraction of sp³-hybridized carbons (Fsp3) is 1.00. The maximum atomic E-state index is 11.4. The Hall–Kier alpha value is -0.180. The topological polar surface area (TPSA) is 91.6 Å². The lowest BCUT2D eigenvalue weighted by Crippen LogP contribution is -2.39. The van der Waals surface area contributed by atoms with Crippen molar-refractivity contribution in [2.45, 2.75) is 35.5 Å². The first-order valence-electron chi connectivity index (χ1n) is 4.29. The van der Waals surface area contributed by atoms with Gasteiger partial charge >= 0.3 is 0 Å². The van der Waals surface area contributed by atoms with Crippen LogP contribution in [0.1, 0.15) is 12.8 Å². The standard InChI is InChI=1S/C6H8NO5S2/c8-13(9)5-3-1-2-4(12-3)6(5)14(10,11)7-13/h3-6H,1-2H2/q-1. The Balaban J connectivity index is 2.20. The summed E-state index contributed by atoms with van der Waals surface area (Å²) in [6.07, 6.45) is 0.318. The minimum Gasteiger partial charge on any atom is -0.435 e. The predicted molar refractivity (Wildman–Crippen MR) is 46.7 cm³/mol. The largest absolute Gasteiger partial charge is 0.435 e. The molecule has 14 heavy (non-hydrogen) atoms. The van der Waals surface area contributed by atoms with Crippen molar-refractivity contribution in [1.29, 1.82) is 0 Å². The monoisotopic (exact) mass is 238 g/mol. The van der Waals surface area contributed by atoms with E-state index >= 15 is 0 Å². The summed E-state index contributed by atoms with van der Waals surface area (Å²) in [5.74, 6) is 0. The first kappa shape index (κ1) is 9.08. The molecule has 3 fully saturated rings. The van der Waals surface area contributed by atoms with Crippen molar-refractivity contribution in [2.24, 2.45) is 0 Å². The Kier molecular flexibility index (Phi) is 1.50. The summed E-state index contributed by atoms with van der Waals surface area (Å²) >= 11 is 0. The van der Waals surface area contributed by atoms with E-state index in [1.165, 1.54) is 0 Å². The van der Waals surface area contributed by atoms with Crippen LogP contribution in [-0.2, 0) is 24.8 Å². The SMILES string of the molecule is O=S1(=O)[N-]S(=O)(=O)C2C3CCC(O3)C21. The van der Waals surface area contributed by atoms with Gasteiger partial charge in [0.2, 0.25) is 0 Å². The minimum atomic E-state index is -3.85. The van der Waals surface area contributed by atoms with Crippen LogP contribution >= 0.6 is 0 Å². The van der Waals surface area contributed by atoms with E-state index in [0.717, 1.165) is 0 Å². The van der Waals surface area contributed by atoms with Gasteiger partial charge in [0.25, 0.3) is 0 Å². The lowest BCUT2D eigenvalue weighted by Gasteiger charge is -2.19. The zero-order chi connectivity index (χ0) is 10.1. The van der Waals surface area contributed by atoms with Crippen molar-refractivity contribution >= 4 is 20.0 Å². The fourth-order valence-corrected chi connectivity index (χ4v) is 7.55. The highest BCUT2D eigenvalue weighted by Gasteiger charge is 2.59. The number of fused-ring (bicyclic) bond motifs is 5. The van der Waals surface area contributed by atoms with E-state index in [9.17, 15) is 16.8 Å². The zero-order valence-corrected chi connectivity index (χ0v) is 8.66. The molecule has 4 unspecified atom stereocenters. The Labute approximate surface area is 81.7 Å². The van der Waals surface area contributed by atoms with Crippen molar-refractivity contribution in [3.63, 3.8) is 0 Å². The molecule has 3 aliphatic heterocycles. The highest BCUT2D eigenvalue weighted by Crippen LogP contribution is 2.49. The van der Waals surface area contributed by atoms with E-state index in [0.29, 0.717) is 12.8 Å². The van der Waals surface area contributed by atoms with Gasteiger partial charge in [-0.3, -0.25) is 0 Å². The third kappa shape index (κ3) is 0.918. The molecule has 0 aromatic heterocycles. The Morgan fingerprint density at radius 2 is 1.36 bits per heavy atom. The average molecular weight is 238 g/mol. The minimum absolute atomic E-state index is 0.462. The highest BCUT2D eigenvalue weighted by atomic mass is 32.3. The van der Waals surface area contributed by atoms with Crippen LogP contribution in [0.3, 0.4) is 0 Å². The van der Waals surface area contributed by atoms with E-state index in [1.54, 1.807) is 0 Å². The van der Waals surface area contributed by atoms with E-state index in [-0.39, 0.29) is 0 Å². The molecule has 2 bridgehead atoms. The molecule has 6 nitrogen and oxygen atoms in total. The second kappa shape index (κ2) is 2.31. The van der Waals surface area contributed by atoms with Gasteiger partial charge in [-0.1, -0.05) is 0 Å². The summed E-state index contributed by atoms with van der Waals surface area (Å²) in [7, 11) is -7.70. The number of rotatable bonds is 0. The first-order chi connectivity index (χ1) is 6.42. The predicted octanol–water partition coefficient (Wildman–Crippen LogP) is -0.668. The molecule has 0 N–H and O–H groups in total. The van der Waals surface area contributed by atoms with Gasteiger partial charge in [-0.2, -0.15) is 0 Å². The number of hydrogen-bond acceptors (Lipinski definition) is 5. The molecule has 3 saturated heterocycles. The van der Waals surface area contributed by atoms with Crippen molar-refractivity contribution in [3.8, 4) is 0 Å². The molecule has 80 valence electrons. The summed E-state index contributed by atoms with van der Waals surface area (Å²) in [5, 5.41) is -1.88. The van der Waals surface area contributed by atoms with Gasteiger partial charge in [-0.25, -0.2) is 16.8 Å². The van der Waals surface area contributed by atoms with Gasteiger partial charge in [-0.05, 0) is 12.8 Å². The maximum Gasteiger partial charge on any atom is 0.0898 e. The highest BCUT2D eigenvalue weighted by molar-refractivity contribution is 8.16. The van der Waals surface area contributed by atoms with Gasteiger partial charge in [0, 0.05) is 0 Å². The Morgan fingerprint density at radius 3 is 1.79 bits per heavy atom. The summed E-state index contributed by atoms with van der Waals surface area (Å²) in [5.41, 5.74) is 0. The molecule has 0 amide bonds. The molecule has 4 atom stereocenters. The number of ether oxygens (including phenoxy) is 1. The van der Waals surface area contributed by atoms with Crippen LogP contribution in [-0.4, -0.2) is 39.5 Å². The molecule has 3 aliphatic rings. The van der Waals surface area contributed by atoms with Crippen LogP contribution in [0, 0.1) is 0 Å². The molecular formula is C6H8NO5S2-. The number of hydrogen-bond donors (Lipinski definition) is 0. The number of sulfonamides is 2. The lowest BCUT2D eigenvalue weighted by molar-refractivity contribution is 0.106. The Bertz CT molecular complexity index is 436. The van der Waals surface area contributed by atoms with E-state index in [4.69, 9.17) is 4.74 Å². The second-order valence-electron chi connectivity index (χ2n) is 3.82. The third-order valence-electron chi connectivity index (χ3n) is 3.04. The third-order valence-corrected chi connectivity index (χ3v) is 7.44. The average Bonchev–Trinajstić information content (AvgIpc) is 2.61. The van der Waals surface area contributed by atoms with E-state index in [1.807, 2.05) is 0 Å². The van der Waals surface area contributed by atoms with Crippen molar-refractivity contribution in [2.75, 3.05) is 0 Å². The second-order valence-corrected chi connectivity index (χ2v) is 7.57. The maximum absolute atomic E-state index is 11.4. The van der Waals surface area contributed by atoms with Gasteiger partial charge in [-0.15, -0.1) is 0 Å². The van der Waals surface area contributed by atoms with E-state index in [2.05, 4.69) is 4.13 Å². The van der Waals surface area contributed by atoms with Crippen LogP contribution in [0.4, 0.5) is 0 Å². The molecule has 0 aromatic rings. The molecule has 0 aromatic carbocycles. The summed E-state index contributed by atoms with van der Waals surface area (Å²) in [6, 6.07) is 0. The molecule has 0 aliphatic carbocycles. The van der Waals surface area contributed by atoms with Crippen LogP contribution in [0.15, 0.2) is 0 Å². The molecule has 3 rings (SSSR count). The summed E-state index contributed by atoms with van der Waals surface area (Å²) in [4.78, 5) is 0. The van der Waals surface area contributed by atoms with Crippen molar-refractivity contribution in [3.05, 3.63) is 4.13 Å².